The molecule has 0 aliphatic heterocycles. The summed E-state index contributed by atoms with van der Waals surface area (Å²) < 4.78 is 40.4. The van der Waals surface area contributed by atoms with E-state index in [0.717, 1.165) is 27.1 Å². The lowest BCUT2D eigenvalue weighted by Crippen LogP contribution is -2.46. The van der Waals surface area contributed by atoms with E-state index in [1.807, 2.05) is 0 Å². The highest BCUT2D eigenvalue weighted by atomic mass is 19.4. The van der Waals surface area contributed by atoms with E-state index in [9.17, 15) is 27.6 Å². The predicted molar refractivity (Wildman–Crippen MR) is 125 cm³/mol. The number of nitrogens with zero attached hydrogens (tertiary/aromatic N) is 4. The first-order chi connectivity index (χ1) is 17.2. The van der Waals surface area contributed by atoms with E-state index >= 15 is 0 Å². The molecule has 0 saturated carbocycles. The third kappa shape index (κ3) is 5.57. The molecule has 4 aromatic rings. The van der Waals surface area contributed by atoms with Crippen molar-refractivity contribution < 1.29 is 18.0 Å². The molecule has 36 heavy (non-hydrogen) atoms. The summed E-state index contributed by atoms with van der Waals surface area (Å²) in [6.45, 7) is -0.181. The van der Waals surface area contributed by atoms with Crippen molar-refractivity contribution in [2.75, 3.05) is 6.54 Å². The molecular weight excluding hydrogens is 475 g/mol. The van der Waals surface area contributed by atoms with Gasteiger partial charge < -0.3 is 5.32 Å². The van der Waals surface area contributed by atoms with Crippen molar-refractivity contribution in [3.8, 4) is 5.69 Å². The van der Waals surface area contributed by atoms with E-state index < -0.39 is 34.6 Å². The van der Waals surface area contributed by atoms with Gasteiger partial charge in [0, 0.05) is 24.9 Å². The topological polar surface area (TPSA) is 98.9 Å². The Hall–Kier alpha value is -4.54. The van der Waals surface area contributed by atoms with Crippen molar-refractivity contribution in [3.63, 3.8) is 0 Å². The Labute approximate surface area is 202 Å². The number of benzene rings is 2. The molecule has 0 radical (unpaired) electrons. The molecule has 11 heteroatoms. The van der Waals surface area contributed by atoms with Gasteiger partial charge in [-0.25, -0.2) is 4.79 Å². The van der Waals surface area contributed by atoms with E-state index in [-0.39, 0.29) is 18.7 Å². The molecule has 1 N–H and O–H groups in total. The lowest BCUT2D eigenvalue weighted by molar-refractivity contribution is -0.137. The summed E-state index contributed by atoms with van der Waals surface area (Å²) in [7, 11) is 0. The van der Waals surface area contributed by atoms with E-state index in [0.29, 0.717) is 12.1 Å². The zero-order valence-corrected chi connectivity index (χ0v) is 18.8. The first kappa shape index (κ1) is 24.6. The van der Waals surface area contributed by atoms with Crippen LogP contribution in [0.15, 0.2) is 88.6 Å². The molecule has 0 bridgehead atoms. The third-order valence-corrected chi connectivity index (χ3v) is 5.29. The molecule has 184 valence electrons. The quantitative estimate of drug-likeness (QED) is 0.425. The number of nitrogens with one attached hydrogen (secondary N) is 1. The fraction of sp³-hybridized carbons (Fsp3) is 0.160. The van der Waals surface area contributed by atoms with Crippen LogP contribution in [0.25, 0.3) is 5.69 Å². The zero-order valence-electron chi connectivity index (χ0n) is 18.8. The van der Waals surface area contributed by atoms with Gasteiger partial charge in [0.2, 0.25) is 5.69 Å². The van der Waals surface area contributed by atoms with Crippen LogP contribution in [0, 0.1) is 0 Å². The molecule has 8 nitrogen and oxygen atoms in total. The van der Waals surface area contributed by atoms with Crippen LogP contribution >= 0.6 is 0 Å². The van der Waals surface area contributed by atoms with Gasteiger partial charge in [-0.1, -0.05) is 36.4 Å². The molecule has 2 heterocycles. The monoisotopic (exact) mass is 495 g/mol. The summed E-state index contributed by atoms with van der Waals surface area (Å²) in [6, 6.07) is 17.6. The van der Waals surface area contributed by atoms with Gasteiger partial charge in [-0.3, -0.25) is 19.1 Å². The lowest BCUT2D eigenvalue weighted by atomic mass is 10.1. The number of hydrogen-bond acceptors (Lipinski definition) is 5. The molecule has 0 atom stereocenters. The normalized spacial score (nSPS) is 11.3. The van der Waals surface area contributed by atoms with E-state index in [4.69, 9.17) is 0 Å². The molecule has 0 aliphatic rings. The van der Waals surface area contributed by atoms with Crippen molar-refractivity contribution in [2.24, 2.45) is 0 Å². The minimum Gasteiger partial charge on any atom is -0.350 e. The number of aromatic nitrogens is 4. The molecule has 0 spiro atoms. The summed E-state index contributed by atoms with van der Waals surface area (Å²) in [6.07, 6.45) is -2.49. The molecule has 2 aromatic carbocycles. The number of alkyl halides is 3. The number of para-hydroxylation sites is 1. The highest BCUT2D eigenvalue weighted by molar-refractivity contribution is 5.91. The largest absolute Gasteiger partial charge is 0.416 e. The van der Waals surface area contributed by atoms with Crippen LogP contribution in [0.3, 0.4) is 0 Å². The van der Waals surface area contributed by atoms with Crippen LogP contribution < -0.4 is 16.6 Å². The summed E-state index contributed by atoms with van der Waals surface area (Å²) in [5, 5.41) is 6.62. The molecule has 0 saturated heterocycles. The van der Waals surface area contributed by atoms with Gasteiger partial charge in [-0.15, -0.1) is 0 Å². The van der Waals surface area contributed by atoms with E-state index in [1.165, 1.54) is 12.1 Å². The number of halogens is 3. The second-order valence-electron chi connectivity index (χ2n) is 7.79. The second-order valence-corrected chi connectivity index (χ2v) is 7.79. The lowest BCUT2D eigenvalue weighted by Gasteiger charge is -2.13. The van der Waals surface area contributed by atoms with Gasteiger partial charge in [-0.2, -0.15) is 23.0 Å². The van der Waals surface area contributed by atoms with Gasteiger partial charge in [0.15, 0.2) is 0 Å². The molecule has 4 rings (SSSR count). The average Bonchev–Trinajstić information content (AvgIpc) is 2.87. The molecule has 0 fully saturated rings. The number of hydrogen-bond donors (Lipinski definition) is 1. The van der Waals surface area contributed by atoms with Crippen LogP contribution in [-0.2, 0) is 19.1 Å². The van der Waals surface area contributed by atoms with Crippen LogP contribution in [0.5, 0.6) is 0 Å². The molecule has 0 aliphatic carbocycles. The first-order valence-corrected chi connectivity index (χ1v) is 10.9. The van der Waals surface area contributed by atoms with Crippen molar-refractivity contribution in [2.45, 2.75) is 19.1 Å². The van der Waals surface area contributed by atoms with Gasteiger partial charge in [-0.05, 0) is 42.0 Å². The number of rotatable bonds is 7. The summed E-state index contributed by atoms with van der Waals surface area (Å²) in [4.78, 5) is 43.3. The van der Waals surface area contributed by atoms with E-state index in [2.05, 4.69) is 15.4 Å². The van der Waals surface area contributed by atoms with Gasteiger partial charge in [0.1, 0.15) is 0 Å². The van der Waals surface area contributed by atoms with Gasteiger partial charge in [0.05, 0.1) is 17.8 Å². The van der Waals surface area contributed by atoms with Gasteiger partial charge in [0.25, 0.3) is 11.5 Å². The fourth-order valence-electron chi connectivity index (χ4n) is 3.45. The van der Waals surface area contributed by atoms with Crippen LogP contribution in [0.4, 0.5) is 13.2 Å². The van der Waals surface area contributed by atoms with Crippen molar-refractivity contribution in [1.82, 2.24) is 24.6 Å². The molecular formula is C25H20F3N5O3. The van der Waals surface area contributed by atoms with Crippen LogP contribution in [0.1, 0.15) is 27.3 Å². The summed E-state index contributed by atoms with van der Waals surface area (Å²) >= 11 is 0. The van der Waals surface area contributed by atoms with Crippen molar-refractivity contribution in [3.05, 3.63) is 122 Å². The summed E-state index contributed by atoms with van der Waals surface area (Å²) in [5.41, 5.74) is -1.85. The van der Waals surface area contributed by atoms with Crippen LogP contribution in [0.2, 0.25) is 0 Å². The Morgan fingerprint density at radius 2 is 1.61 bits per heavy atom. The Balaban J connectivity index is 1.68. The highest BCUT2D eigenvalue weighted by Crippen LogP contribution is 2.29. The predicted octanol–water partition coefficient (Wildman–Crippen LogP) is 2.83. The second kappa shape index (κ2) is 10.4. The Kier molecular flexibility index (Phi) is 7.09. The number of amides is 1. The first-order valence-electron chi connectivity index (χ1n) is 10.9. The minimum atomic E-state index is -4.52. The van der Waals surface area contributed by atoms with Gasteiger partial charge >= 0.3 is 11.9 Å². The number of carbonyl (C=O) groups excluding carboxylic acids is 1. The SMILES string of the molecule is O=C(NCCc1ccccn1)c1nn(-c2ccccc2)c(=O)n(Cc2ccc(C(F)(F)F)cc2)c1=O. The standard InChI is InChI=1S/C25H20F3N5O3/c26-25(27,28)18-11-9-17(10-12-18)16-32-23(35)21(22(34)30-15-13-19-6-4-5-14-29-19)31-33(24(32)36)20-7-2-1-3-8-20/h1-12,14H,13,15-16H2,(H,30,34). The number of carbonyl (C=O) groups is 1. The Bertz CT molecular complexity index is 1470. The number of pyridine rings is 1. The Morgan fingerprint density at radius 1 is 0.917 bits per heavy atom. The highest BCUT2D eigenvalue weighted by Gasteiger charge is 2.30. The van der Waals surface area contributed by atoms with Crippen LogP contribution in [-0.4, -0.2) is 31.8 Å². The van der Waals surface area contributed by atoms with Crippen molar-refractivity contribution >= 4 is 5.91 Å². The molecule has 0 unspecified atom stereocenters. The fourth-order valence-corrected chi connectivity index (χ4v) is 3.45. The Morgan fingerprint density at radius 3 is 2.25 bits per heavy atom. The maximum absolute atomic E-state index is 13.1. The molecule has 1 amide bonds. The average molecular weight is 495 g/mol. The summed E-state index contributed by atoms with van der Waals surface area (Å²) in [5.74, 6) is -0.790. The van der Waals surface area contributed by atoms with Crippen molar-refractivity contribution in [1.29, 1.82) is 0 Å². The van der Waals surface area contributed by atoms with E-state index in [1.54, 1.807) is 54.7 Å². The smallest absolute Gasteiger partial charge is 0.350 e. The zero-order chi connectivity index (χ0) is 25.7. The maximum Gasteiger partial charge on any atom is 0.416 e. The maximum atomic E-state index is 13.1. The third-order valence-electron chi connectivity index (χ3n) is 5.29. The molecule has 2 aromatic heterocycles. The minimum absolute atomic E-state index is 0.167.